The first-order valence-electron chi connectivity index (χ1n) is 9.57. The highest BCUT2D eigenvalue weighted by Gasteiger charge is 2.52. The summed E-state index contributed by atoms with van der Waals surface area (Å²) >= 11 is 0. The molecule has 0 bridgehead atoms. The maximum absolute atomic E-state index is 13.1. The first-order chi connectivity index (χ1) is 12.6. The highest BCUT2D eigenvalue weighted by molar-refractivity contribution is 5.87. The lowest BCUT2D eigenvalue weighted by molar-refractivity contribution is -0.135. The standard InChI is InChI=1S/C20H27N3O3/c1-26-17-6-4-5-16(13-17)14-22-11-7-20(18(22)24)8-12-23(15-20)19(25)21-9-2-3-10-21/h4-6,13H,2-3,7-12,14-15H2,1H3/t20-/m1/s1. The van der Waals surface area contributed by atoms with Gasteiger partial charge in [0.1, 0.15) is 5.75 Å². The van der Waals surface area contributed by atoms with Gasteiger partial charge in [0.2, 0.25) is 5.91 Å². The minimum Gasteiger partial charge on any atom is -0.497 e. The largest absolute Gasteiger partial charge is 0.497 e. The van der Waals surface area contributed by atoms with Crippen LogP contribution in [0.2, 0.25) is 0 Å². The number of hydrogen-bond acceptors (Lipinski definition) is 3. The second-order valence-electron chi connectivity index (χ2n) is 7.76. The van der Waals surface area contributed by atoms with Crippen LogP contribution < -0.4 is 4.74 Å². The summed E-state index contributed by atoms with van der Waals surface area (Å²) in [5.41, 5.74) is 0.714. The Bertz CT molecular complexity index is 701. The van der Waals surface area contributed by atoms with E-state index in [9.17, 15) is 9.59 Å². The summed E-state index contributed by atoms with van der Waals surface area (Å²) in [6, 6.07) is 8.00. The molecule has 6 heteroatoms. The fourth-order valence-corrected chi connectivity index (χ4v) is 4.56. The minimum absolute atomic E-state index is 0.124. The Morgan fingerprint density at radius 1 is 1.12 bits per heavy atom. The maximum atomic E-state index is 13.1. The van der Waals surface area contributed by atoms with Gasteiger partial charge in [-0.15, -0.1) is 0 Å². The Hall–Kier alpha value is -2.24. The van der Waals surface area contributed by atoms with E-state index >= 15 is 0 Å². The molecule has 0 radical (unpaired) electrons. The van der Waals surface area contributed by atoms with Crippen molar-refractivity contribution in [3.05, 3.63) is 29.8 Å². The predicted octanol–water partition coefficient (Wildman–Crippen LogP) is 2.34. The molecule has 6 nitrogen and oxygen atoms in total. The topological polar surface area (TPSA) is 53.1 Å². The summed E-state index contributed by atoms with van der Waals surface area (Å²) in [6.07, 6.45) is 3.83. The molecule has 1 aromatic rings. The van der Waals surface area contributed by atoms with Crippen LogP contribution in [0.5, 0.6) is 5.75 Å². The highest BCUT2D eigenvalue weighted by atomic mass is 16.5. The molecule has 3 fully saturated rings. The average molecular weight is 357 g/mol. The van der Waals surface area contributed by atoms with Gasteiger partial charge < -0.3 is 19.4 Å². The molecular weight excluding hydrogens is 330 g/mol. The molecule has 3 saturated heterocycles. The molecule has 3 aliphatic heterocycles. The number of amides is 3. The molecule has 140 valence electrons. The lowest BCUT2D eigenvalue weighted by atomic mass is 9.85. The van der Waals surface area contributed by atoms with E-state index in [1.807, 2.05) is 39.0 Å². The predicted molar refractivity (Wildman–Crippen MR) is 97.9 cm³/mol. The average Bonchev–Trinajstić information content (AvgIpc) is 3.40. The SMILES string of the molecule is COc1cccc(CN2CC[C@]3(CCN(C(=O)N4CCCC4)C3)C2=O)c1. The first-order valence-corrected chi connectivity index (χ1v) is 9.57. The van der Waals surface area contributed by atoms with Crippen molar-refractivity contribution in [3.63, 3.8) is 0 Å². The first kappa shape index (κ1) is 17.2. The third-order valence-corrected chi connectivity index (χ3v) is 6.11. The third-order valence-electron chi connectivity index (χ3n) is 6.11. The lowest BCUT2D eigenvalue weighted by Gasteiger charge is -2.26. The van der Waals surface area contributed by atoms with Crippen molar-refractivity contribution in [2.24, 2.45) is 5.41 Å². The maximum Gasteiger partial charge on any atom is 0.320 e. The van der Waals surface area contributed by atoms with Crippen molar-refractivity contribution in [2.45, 2.75) is 32.2 Å². The van der Waals surface area contributed by atoms with Crippen LogP contribution in [-0.4, -0.2) is 66.5 Å². The Labute approximate surface area is 154 Å². The number of benzene rings is 1. The minimum atomic E-state index is -0.367. The summed E-state index contributed by atoms with van der Waals surface area (Å²) < 4.78 is 5.28. The Balaban J connectivity index is 1.41. The van der Waals surface area contributed by atoms with Crippen molar-refractivity contribution in [1.29, 1.82) is 0 Å². The van der Waals surface area contributed by atoms with E-state index in [0.717, 1.165) is 56.6 Å². The van der Waals surface area contributed by atoms with Crippen molar-refractivity contribution in [3.8, 4) is 5.75 Å². The summed E-state index contributed by atoms with van der Waals surface area (Å²) in [7, 11) is 1.65. The van der Waals surface area contributed by atoms with Gasteiger partial charge in [0.05, 0.1) is 12.5 Å². The van der Waals surface area contributed by atoms with E-state index in [1.54, 1.807) is 7.11 Å². The van der Waals surface area contributed by atoms with Crippen LogP contribution in [0, 0.1) is 5.41 Å². The van der Waals surface area contributed by atoms with E-state index in [1.165, 1.54) is 0 Å². The molecule has 0 unspecified atom stereocenters. The molecule has 3 aliphatic rings. The normalized spacial score (nSPS) is 25.6. The van der Waals surface area contributed by atoms with Gasteiger partial charge in [-0.25, -0.2) is 4.79 Å². The molecule has 1 atom stereocenters. The molecule has 0 aliphatic carbocycles. The van der Waals surface area contributed by atoms with Gasteiger partial charge in [0.15, 0.2) is 0 Å². The van der Waals surface area contributed by atoms with Crippen molar-refractivity contribution in [2.75, 3.05) is 39.8 Å². The van der Waals surface area contributed by atoms with E-state index in [-0.39, 0.29) is 17.4 Å². The van der Waals surface area contributed by atoms with E-state index in [4.69, 9.17) is 4.74 Å². The number of ether oxygens (including phenoxy) is 1. The van der Waals surface area contributed by atoms with Crippen LogP contribution in [-0.2, 0) is 11.3 Å². The number of methoxy groups -OCH3 is 1. The molecule has 0 aromatic heterocycles. The van der Waals surface area contributed by atoms with Crippen LogP contribution >= 0.6 is 0 Å². The Morgan fingerprint density at radius 3 is 2.65 bits per heavy atom. The Kier molecular flexibility index (Phi) is 4.51. The van der Waals surface area contributed by atoms with Crippen LogP contribution in [0.25, 0.3) is 0 Å². The molecule has 3 heterocycles. The summed E-state index contributed by atoms with van der Waals surface area (Å²) in [4.78, 5) is 31.6. The van der Waals surface area contributed by atoms with E-state index in [0.29, 0.717) is 19.6 Å². The van der Waals surface area contributed by atoms with Gasteiger partial charge in [-0.1, -0.05) is 12.1 Å². The summed E-state index contributed by atoms with van der Waals surface area (Å²) in [5, 5.41) is 0. The summed E-state index contributed by atoms with van der Waals surface area (Å²) in [6.45, 7) is 4.37. The number of carbonyl (C=O) groups is 2. The molecule has 4 rings (SSSR count). The van der Waals surface area contributed by atoms with Gasteiger partial charge in [-0.3, -0.25) is 4.79 Å². The number of rotatable bonds is 3. The van der Waals surface area contributed by atoms with Crippen LogP contribution in [0.4, 0.5) is 4.79 Å². The number of urea groups is 1. The van der Waals surface area contributed by atoms with Crippen LogP contribution in [0.3, 0.4) is 0 Å². The van der Waals surface area contributed by atoms with Gasteiger partial charge in [0, 0.05) is 39.3 Å². The highest BCUT2D eigenvalue weighted by Crippen LogP contribution is 2.41. The number of nitrogens with zero attached hydrogens (tertiary/aromatic N) is 3. The third kappa shape index (κ3) is 3.02. The van der Waals surface area contributed by atoms with Gasteiger partial charge >= 0.3 is 6.03 Å². The fourth-order valence-electron chi connectivity index (χ4n) is 4.56. The zero-order valence-electron chi connectivity index (χ0n) is 15.4. The smallest absolute Gasteiger partial charge is 0.320 e. The van der Waals surface area contributed by atoms with Gasteiger partial charge in [-0.05, 0) is 43.4 Å². The molecular formula is C20H27N3O3. The molecule has 0 saturated carbocycles. The fraction of sp³-hybridized carbons (Fsp3) is 0.600. The van der Waals surface area contributed by atoms with E-state index in [2.05, 4.69) is 0 Å². The van der Waals surface area contributed by atoms with Crippen LogP contribution in [0.15, 0.2) is 24.3 Å². The second kappa shape index (κ2) is 6.82. The quantitative estimate of drug-likeness (QED) is 0.834. The molecule has 0 N–H and O–H groups in total. The zero-order valence-corrected chi connectivity index (χ0v) is 15.4. The molecule has 26 heavy (non-hydrogen) atoms. The zero-order chi connectivity index (χ0) is 18.1. The number of carbonyl (C=O) groups excluding carboxylic acids is 2. The van der Waals surface area contributed by atoms with E-state index < -0.39 is 0 Å². The van der Waals surface area contributed by atoms with Gasteiger partial charge in [0.25, 0.3) is 0 Å². The van der Waals surface area contributed by atoms with Gasteiger partial charge in [-0.2, -0.15) is 0 Å². The number of likely N-dealkylation sites (tertiary alicyclic amines) is 3. The summed E-state index contributed by atoms with van der Waals surface area (Å²) in [5.74, 6) is 1.02. The Morgan fingerprint density at radius 2 is 1.88 bits per heavy atom. The monoisotopic (exact) mass is 357 g/mol. The second-order valence-corrected chi connectivity index (χ2v) is 7.76. The van der Waals surface area contributed by atoms with Crippen molar-refractivity contribution >= 4 is 11.9 Å². The number of hydrogen-bond donors (Lipinski definition) is 0. The molecule has 1 aromatic carbocycles. The lowest BCUT2D eigenvalue weighted by Crippen LogP contribution is -2.43. The molecule has 1 spiro atoms. The van der Waals surface area contributed by atoms with Crippen molar-refractivity contribution in [1.82, 2.24) is 14.7 Å². The molecule has 3 amide bonds. The van der Waals surface area contributed by atoms with Crippen LogP contribution in [0.1, 0.15) is 31.2 Å². The van der Waals surface area contributed by atoms with Crippen molar-refractivity contribution < 1.29 is 14.3 Å².